The first-order valence-electron chi connectivity index (χ1n) is 5.94. The Hall–Kier alpha value is -1.88. The molecule has 18 heavy (non-hydrogen) atoms. The topological polar surface area (TPSA) is 70.1 Å². The minimum atomic E-state index is -0.0837. The number of nitrogen functional groups attached to an aromatic ring is 1. The molecule has 0 fully saturated rings. The Kier molecular flexibility index (Phi) is 3.62. The summed E-state index contributed by atoms with van der Waals surface area (Å²) in [5, 5.41) is 0.544. The van der Waals surface area contributed by atoms with Gasteiger partial charge < -0.3 is 10.5 Å². The summed E-state index contributed by atoms with van der Waals surface area (Å²) in [7, 11) is 0. The molecule has 0 radical (unpaired) electrons. The molecule has 5 heteroatoms. The van der Waals surface area contributed by atoms with Crippen molar-refractivity contribution in [3.05, 3.63) is 34.9 Å². The molecule has 0 spiro atoms. The van der Waals surface area contributed by atoms with Crippen LogP contribution in [0.5, 0.6) is 0 Å². The Morgan fingerprint density at radius 3 is 2.94 bits per heavy atom. The Balaban J connectivity index is 2.30. The van der Waals surface area contributed by atoms with Crippen molar-refractivity contribution >= 4 is 16.6 Å². The van der Waals surface area contributed by atoms with E-state index in [0.29, 0.717) is 29.7 Å². The Morgan fingerprint density at radius 1 is 1.44 bits per heavy atom. The molecule has 5 nitrogen and oxygen atoms in total. The first-order chi connectivity index (χ1) is 8.58. The minimum Gasteiger partial charge on any atom is -0.399 e. The highest BCUT2D eigenvalue weighted by Gasteiger charge is 2.04. The highest BCUT2D eigenvalue weighted by molar-refractivity contribution is 5.80. The number of nitrogens with two attached hydrogens (primary N) is 1. The van der Waals surface area contributed by atoms with Gasteiger partial charge in [-0.05, 0) is 32.0 Å². The third kappa shape index (κ3) is 2.68. The van der Waals surface area contributed by atoms with Crippen molar-refractivity contribution in [2.45, 2.75) is 26.5 Å². The lowest BCUT2D eigenvalue weighted by atomic mass is 10.2. The lowest BCUT2D eigenvalue weighted by Crippen LogP contribution is -2.23. The number of hydrogen-bond donors (Lipinski definition) is 1. The predicted octanol–water partition coefficient (Wildman–Crippen LogP) is 1.40. The zero-order valence-electron chi connectivity index (χ0n) is 10.6. The number of aromatic nitrogens is 2. The molecule has 0 amide bonds. The maximum Gasteiger partial charge on any atom is 0.261 e. The van der Waals surface area contributed by atoms with Crippen LogP contribution in [0.4, 0.5) is 5.69 Å². The molecule has 2 aromatic rings. The van der Waals surface area contributed by atoms with Gasteiger partial charge in [-0.1, -0.05) is 0 Å². The Morgan fingerprint density at radius 2 is 2.22 bits per heavy atom. The van der Waals surface area contributed by atoms with Crippen LogP contribution >= 0.6 is 0 Å². The van der Waals surface area contributed by atoms with Crippen molar-refractivity contribution in [1.82, 2.24) is 9.55 Å². The lowest BCUT2D eigenvalue weighted by molar-refractivity contribution is 0.0722. The van der Waals surface area contributed by atoms with Gasteiger partial charge in [-0.15, -0.1) is 0 Å². The maximum absolute atomic E-state index is 12.2. The van der Waals surface area contributed by atoms with Crippen molar-refractivity contribution in [3.63, 3.8) is 0 Å². The Labute approximate surface area is 105 Å². The average molecular weight is 247 g/mol. The van der Waals surface area contributed by atoms with Crippen LogP contribution in [0.3, 0.4) is 0 Å². The summed E-state index contributed by atoms with van der Waals surface area (Å²) in [6.45, 7) is 4.91. The zero-order valence-corrected chi connectivity index (χ0v) is 10.6. The fourth-order valence-electron chi connectivity index (χ4n) is 1.72. The summed E-state index contributed by atoms with van der Waals surface area (Å²) < 4.78 is 6.97. The van der Waals surface area contributed by atoms with Crippen LogP contribution in [0.2, 0.25) is 0 Å². The highest BCUT2D eigenvalue weighted by Crippen LogP contribution is 2.10. The molecule has 0 aliphatic carbocycles. The first kappa shape index (κ1) is 12.6. The van der Waals surface area contributed by atoms with Crippen molar-refractivity contribution in [2.75, 3.05) is 12.3 Å². The quantitative estimate of drug-likeness (QED) is 0.829. The highest BCUT2D eigenvalue weighted by atomic mass is 16.5. The molecule has 0 aliphatic heterocycles. The van der Waals surface area contributed by atoms with Gasteiger partial charge >= 0.3 is 0 Å². The standard InChI is InChI=1S/C13H17N3O2/c1-9(2)18-6-5-16-8-15-12-4-3-10(14)7-11(12)13(16)17/h3-4,7-9H,5-6,14H2,1-2H3. The van der Waals surface area contributed by atoms with E-state index in [0.717, 1.165) is 0 Å². The zero-order chi connectivity index (χ0) is 13.1. The summed E-state index contributed by atoms with van der Waals surface area (Å²) >= 11 is 0. The Bertz CT molecular complexity index is 605. The van der Waals surface area contributed by atoms with Crippen LogP contribution in [0.15, 0.2) is 29.3 Å². The van der Waals surface area contributed by atoms with Gasteiger partial charge in [-0.25, -0.2) is 4.98 Å². The average Bonchev–Trinajstić information content (AvgIpc) is 2.32. The molecule has 0 saturated heterocycles. The van der Waals surface area contributed by atoms with Gasteiger partial charge in [0.25, 0.3) is 5.56 Å². The molecule has 96 valence electrons. The normalized spacial score (nSPS) is 11.3. The summed E-state index contributed by atoms with van der Waals surface area (Å²) in [5.41, 5.74) is 6.83. The lowest BCUT2D eigenvalue weighted by Gasteiger charge is -2.09. The summed E-state index contributed by atoms with van der Waals surface area (Å²) in [5.74, 6) is 0. The fraction of sp³-hybridized carbons (Fsp3) is 0.385. The molecule has 1 heterocycles. The smallest absolute Gasteiger partial charge is 0.261 e. The molecule has 0 aliphatic rings. The van der Waals surface area contributed by atoms with Crippen molar-refractivity contribution < 1.29 is 4.74 Å². The molecule has 1 aromatic heterocycles. The summed E-state index contributed by atoms with van der Waals surface area (Å²) in [6, 6.07) is 5.15. The van der Waals surface area contributed by atoms with E-state index >= 15 is 0 Å². The summed E-state index contributed by atoms with van der Waals surface area (Å²) in [4.78, 5) is 16.4. The minimum absolute atomic E-state index is 0.0837. The van der Waals surface area contributed by atoms with E-state index in [9.17, 15) is 4.79 Å². The van der Waals surface area contributed by atoms with Gasteiger partial charge in [0.1, 0.15) is 0 Å². The van der Waals surface area contributed by atoms with E-state index in [2.05, 4.69) is 4.98 Å². The second kappa shape index (κ2) is 5.18. The molecule has 0 saturated carbocycles. The number of nitrogens with zero attached hydrogens (tertiary/aromatic N) is 2. The maximum atomic E-state index is 12.2. The molecular formula is C13H17N3O2. The van der Waals surface area contributed by atoms with Gasteiger partial charge in [-0.3, -0.25) is 9.36 Å². The molecule has 0 atom stereocenters. The van der Waals surface area contributed by atoms with Gasteiger partial charge in [0.05, 0.1) is 36.5 Å². The fourth-order valence-corrected chi connectivity index (χ4v) is 1.72. The third-order valence-electron chi connectivity index (χ3n) is 2.63. The number of ether oxygens (including phenoxy) is 1. The molecule has 1 aromatic carbocycles. The van der Waals surface area contributed by atoms with Crippen LogP contribution in [0.25, 0.3) is 10.9 Å². The van der Waals surface area contributed by atoms with E-state index in [1.54, 1.807) is 29.1 Å². The van der Waals surface area contributed by atoms with E-state index < -0.39 is 0 Å². The predicted molar refractivity (Wildman–Crippen MR) is 71.5 cm³/mol. The van der Waals surface area contributed by atoms with Crippen molar-refractivity contribution in [2.24, 2.45) is 0 Å². The molecule has 2 N–H and O–H groups in total. The second-order valence-electron chi connectivity index (χ2n) is 4.44. The van der Waals surface area contributed by atoms with Crippen LogP contribution in [-0.2, 0) is 11.3 Å². The van der Waals surface area contributed by atoms with Crippen molar-refractivity contribution in [1.29, 1.82) is 0 Å². The number of anilines is 1. The van der Waals surface area contributed by atoms with Gasteiger partial charge in [-0.2, -0.15) is 0 Å². The van der Waals surface area contributed by atoms with Crippen LogP contribution in [-0.4, -0.2) is 22.3 Å². The molecule has 0 unspecified atom stereocenters. The van der Waals surface area contributed by atoms with Gasteiger partial charge in [0.2, 0.25) is 0 Å². The van der Waals surface area contributed by atoms with E-state index in [-0.39, 0.29) is 11.7 Å². The molecule has 0 bridgehead atoms. The molecule has 2 rings (SSSR count). The van der Waals surface area contributed by atoms with Gasteiger partial charge in [0.15, 0.2) is 0 Å². The molecular weight excluding hydrogens is 230 g/mol. The largest absolute Gasteiger partial charge is 0.399 e. The second-order valence-corrected chi connectivity index (χ2v) is 4.44. The van der Waals surface area contributed by atoms with Crippen molar-refractivity contribution in [3.8, 4) is 0 Å². The number of hydrogen-bond acceptors (Lipinski definition) is 4. The first-order valence-corrected chi connectivity index (χ1v) is 5.94. The van der Waals surface area contributed by atoms with E-state index in [4.69, 9.17) is 10.5 Å². The SMILES string of the molecule is CC(C)OCCn1cnc2ccc(N)cc2c1=O. The van der Waals surface area contributed by atoms with Crippen LogP contribution < -0.4 is 11.3 Å². The third-order valence-corrected chi connectivity index (χ3v) is 2.63. The number of fused-ring (bicyclic) bond motifs is 1. The number of rotatable bonds is 4. The van der Waals surface area contributed by atoms with Gasteiger partial charge in [0, 0.05) is 5.69 Å². The van der Waals surface area contributed by atoms with E-state index in [1.807, 2.05) is 13.8 Å². The number of benzene rings is 1. The summed E-state index contributed by atoms with van der Waals surface area (Å²) in [6.07, 6.45) is 1.70. The van der Waals surface area contributed by atoms with Crippen LogP contribution in [0, 0.1) is 0 Å². The van der Waals surface area contributed by atoms with Crippen LogP contribution in [0.1, 0.15) is 13.8 Å². The monoisotopic (exact) mass is 247 g/mol. The van der Waals surface area contributed by atoms with E-state index in [1.165, 1.54) is 0 Å².